The van der Waals surface area contributed by atoms with Crippen LogP contribution in [0.3, 0.4) is 0 Å². The number of rotatable bonds is 5. The van der Waals surface area contributed by atoms with Gasteiger partial charge in [-0.1, -0.05) is 0 Å². The third-order valence-electron chi connectivity index (χ3n) is 4.75. The number of aromatic amines is 1. The molecule has 0 aliphatic heterocycles. The van der Waals surface area contributed by atoms with Gasteiger partial charge in [0.25, 0.3) is 5.91 Å². The van der Waals surface area contributed by atoms with Gasteiger partial charge in [-0.15, -0.1) is 0 Å². The lowest BCUT2D eigenvalue weighted by Crippen LogP contribution is -2.31. The molecule has 3 aromatic heterocycles. The minimum Gasteiger partial charge on any atom is -0.465 e. The second kappa shape index (κ2) is 7.16. The fourth-order valence-corrected chi connectivity index (χ4v) is 3.28. The van der Waals surface area contributed by atoms with E-state index < -0.39 is 0 Å². The molecule has 0 spiro atoms. The summed E-state index contributed by atoms with van der Waals surface area (Å²) < 4.78 is 5.49. The number of amides is 1. The van der Waals surface area contributed by atoms with Gasteiger partial charge in [0, 0.05) is 17.1 Å². The Labute approximate surface area is 166 Å². The molecule has 0 fully saturated rings. The topological polar surface area (TPSA) is 149 Å². The Balaban J connectivity index is 1.73. The fraction of sp³-hybridized carbons (Fsp3) is 0.0952. The largest absolute Gasteiger partial charge is 0.465 e. The van der Waals surface area contributed by atoms with Crippen molar-refractivity contribution in [1.82, 2.24) is 15.3 Å². The molecule has 0 aliphatic rings. The number of fused-ring (bicyclic) bond motifs is 1. The molecule has 0 atom stereocenters. The number of nitrogens with two attached hydrogens (primary N) is 3. The zero-order valence-electron chi connectivity index (χ0n) is 15.8. The first-order valence-corrected chi connectivity index (χ1v) is 9.01. The van der Waals surface area contributed by atoms with E-state index in [0.717, 1.165) is 27.8 Å². The maximum Gasteiger partial charge on any atom is 0.253 e. The van der Waals surface area contributed by atoms with E-state index in [1.165, 1.54) is 6.21 Å². The lowest BCUT2D eigenvalue weighted by Gasteiger charge is -2.11. The van der Waals surface area contributed by atoms with Crippen LogP contribution < -0.4 is 22.2 Å². The summed E-state index contributed by atoms with van der Waals surface area (Å²) in [5, 5.41) is 9.48. The number of carbonyl (C=O) groups excluding carboxylic acids is 1. The molecule has 8 N–H and O–H groups in total. The number of pyridine rings is 1. The maximum atomic E-state index is 12.8. The summed E-state index contributed by atoms with van der Waals surface area (Å²) >= 11 is 0. The quantitative estimate of drug-likeness (QED) is 0.258. The summed E-state index contributed by atoms with van der Waals surface area (Å²) in [5.74, 6) is 1.54. The van der Waals surface area contributed by atoms with Crippen LogP contribution in [0.25, 0.3) is 22.0 Å². The summed E-state index contributed by atoms with van der Waals surface area (Å²) in [4.78, 5) is 20.1. The molecule has 0 radical (unpaired) electrons. The number of furan rings is 1. The molecule has 0 unspecified atom stereocenters. The lowest BCUT2D eigenvalue weighted by atomic mass is 9.97. The Morgan fingerprint density at radius 3 is 2.86 bits per heavy atom. The highest BCUT2D eigenvalue weighted by Crippen LogP contribution is 2.32. The number of nitrogen functional groups attached to an aromatic ring is 2. The Morgan fingerprint density at radius 1 is 1.31 bits per heavy atom. The Hall–Kier alpha value is -4.07. The summed E-state index contributed by atoms with van der Waals surface area (Å²) in [6.07, 6.45) is 4.89. The van der Waals surface area contributed by atoms with Crippen molar-refractivity contribution in [2.24, 2.45) is 0 Å². The van der Waals surface area contributed by atoms with Gasteiger partial charge in [0.15, 0.2) is 6.21 Å². The van der Waals surface area contributed by atoms with E-state index in [0.29, 0.717) is 28.4 Å². The van der Waals surface area contributed by atoms with Crippen LogP contribution in [0.15, 0.2) is 47.1 Å². The highest BCUT2D eigenvalue weighted by atomic mass is 16.3. The number of carbonyl (C=O) groups is 1. The first-order valence-electron chi connectivity index (χ1n) is 9.01. The molecule has 1 amide bonds. The van der Waals surface area contributed by atoms with Crippen LogP contribution in [0.1, 0.15) is 27.4 Å². The van der Waals surface area contributed by atoms with Gasteiger partial charge in [-0.05, 0) is 42.8 Å². The lowest BCUT2D eigenvalue weighted by molar-refractivity contribution is -0.104. The van der Waals surface area contributed by atoms with Crippen LogP contribution >= 0.6 is 0 Å². The molecule has 29 heavy (non-hydrogen) atoms. The van der Waals surface area contributed by atoms with Crippen LogP contribution in [0, 0.1) is 6.92 Å². The van der Waals surface area contributed by atoms with Crippen molar-refractivity contribution >= 4 is 34.5 Å². The molecule has 4 aromatic rings. The van der Waals surface area contributed by atoms with Gasteiger partial charge in [0.2, 0.25) is 0 Å². The molecule has 146 valence electrons. The maximum absolute atomic E-state index is 12.8. The van der Waals surface area contributed by atoms with Gasteiger partial charge in [0.05, 0.1) is 35.1 Å². The molecule has 0 aliphatic carbocycles. The number of benzene rings is 1. The SMILES string of the molecule is Cc1ccc(CNC(=O)c2cc(-c3c[nH]c4cnc(N)cc34)cc(C=[NH2+])c2N)o1. The third kappa shape index (κ3) is 3.43. The molecule has 3 heterocycles. The summed E-state index contributed by atoms with van der Waals surface area (Å²) in [7, 11) is 0. The van der Waals surface area contributed by atoms with Crippen molar-refractivity contribution in [3.8, 4) is 11.1 Å². The zero-order chi connectivity index (χ0) is 20.5. The van der Waals surface area contributed by atoms with Gasteiger partial charge in [0.1, 0.15) is 17.3 Å². The average Bonchev–Trinajstić information content (AvgIpc) is 3.32. The molecule has 0 saturated heterocycles. The van der Waals surface area contributed by atoms with Crippen molar-refractivity contribution in [3.05, 3.63) is 65.4 Å². The number of aryl methyl sites for hydroxylation is 1. The second-order valence-electron chi connectivity index (χ2n) is 6.75. The molecular weight excluding hydrogens is 368 g/mol. The first kappa shape index (κ1) is 18.3. The normalized spacial score (nSPS) is 10.9. The van der Waals surface area contributed by atoms with Crippen molar-refractivity contribution in [2.45, 2.75) is 13.5 Å². The van der Waals surface area contributed by atoms with E-state index in [1.54, 1.807) is 18.3 Å². The van der Waals surface area contributed by atoms with E-state index >= 15 is 0 Å². The summed E-state index contributed by atoms with van der Waals surface area (Å²) in [5.41, 5.74) is 15.7. The molecule has 0 bridgehead atoms. The van der Waals surface area contributed by atoms with E-state index in [2.05, 4.69) is 15.3 Å². The van der Waals surface area contributed by atoms with E-state index in [4.69, 9.17) is 21.3 Å². The van der Waals surface area contributed by atoms with Crippen LogP contribution in [-0.2, 0) is 6.54 Å². The van der Waals surface area contributed by atoms with Gasteiger partial charge in [-0.25, -0.2) is 4.98 Å². The monoisotopic (exact) mass is 389 g/mol. The first-order chi connectivity index (χ1) is 14.0. The minimum atomic E-state index is -0.317. The number of nitrogens with zero attached hydrogens (tertiary/aromatic N) is 1. The van der Waals surface area contributed by atoms with E-state index in [-0.39, 0.29) is 12.5 Å². The predicted octanol–water partition coefficient (Wildman–Crippen LogP) is 1.40. The van der Waals surface area contributed by atoms with Gasteiger partial charge >= 0.3 is 0 Å². The van der Waals surface area contributed by atoms with Gasteiger partial charge < -0.3 is 26.2 Å². The third-order valence-corrected chi connectivity index (χ3v) is 4.75. The molecular formula is C21H21N6O2+. The number of H-pyrrole nitrogens is 1. The van der Waals surface area contributed by atoms with Gasteiger partial charge in [-0.3, -0.25) is 10.2 Å². The van der Waals surface area contributed by atoms with Crippen LogP contribution in [0.2, 0.25) is 0 Å². The fourth-order valence-electron chi connectivity index (χ4n) is 3.28. The van der Waals surface area contributed by atoms with Crippen molar-refractivity contribution < 1.29 is 14.6 Å². The van der Waals surface area contributed by atoms with Crippen LogP contribution in [0.5, 0.6) is 0 Å². The predicted molar refractivity (Wildman–Crippen MR) is 112 cm³/mol. The Bertz CT molecular complexity index is 1240. The zero-order valence-corrected chi connectivity index (χ0v) is 15.8. The highest BCUT2D eigenvalue weighted by molar-refractivity contribution is 6.06. The smallest absolute Gasteiger partial charge is 0.253 e. The highest BCUT2D eigenvalue weighted by Gasteiger charge is 2.18. The number of hydrogen-bond donors (Lipinski definition) is 5. The summed E-state index contributed by atoms with van der Waals surface area (Å²) in [6, 6.07) is 9.02. The Kier molecular flexibility index (Phi) is 4.52. The average molecular weight is 389 g/mol. The summed E-state index contributed by atoms with van der Waals surface area (Å²) in [6.45, 7) is 2.10. The number of anilines is 2. The second-order valence-corrected chi connectivity index (χ2v) is 6.75. The molecule has 0 saturated carbocycles. The number of aromatic nitrogens is 2. The van der Waals surface area contributed by atoms with Gasteiger partial charge in [-0.2, -0.15) is 0 Å². The van der Waals surface area contributed by atoms with Crippen molar-refractivity contribution in [1.29, 1.82) is 0 Å². The molecule has 4 rings (SSSR count). The number of nitrogens with one attached hydrogen (secondary N) is 2. The van der Waals surface area contributed by atoms with Crippen molar-refractivity contribution in [3.63, 3.8) is 0 Å². The Morgan fingerprint density at radius 2 is 2.14 bits per heavy atom. The van der Waals surface area contributed by atoms with Crippen LogP contribution in [0.4, 0.5) is 11.5 Å². The minimum absolute atomic E-state index is 0.257. The standard InChI is InChI=1S/C21H20N6O2/c1-11-2-3-14(29-11)8-27-21(28)16-5-12(4-13(7-22)20(16)24)17-9-25-18-10-26-19(23)6-15(17)18/h2-7,9-10,22,25H,8,24H2,1H3,(H2,23,26)(H,27,28)/p+1. The molecule has 8 nitrogen and oxygen atoms in total. The molecule has 1 aromatic carbocycles. The van der Waals surface area contributed by atoms with Crippen molar-refractivity contribution in [2.75, 3.05) is 11.5 Å². The van der Waals surface area contributed by atoms with E-state index in [9.17, 15) is 4.79 Å². The number of hydrogen-bond acceptors (Lipinski definition) is 5. The van der Waals surface area contributed by atoms with Crippen LogP contribution in [-0.4, -0.2) is 22.1 Å². The molecule has 8 heteroatoms. The van der Waals surface area contributed by atoms with E-state index in [1.807, 2.05) is 31.3 Å².